The van der Waals surface area contributed by atoms with Gasteiger partial charge in [0.15, 0.2) is 0 Å². The number of carbonyl (C=O) groups is 1. The van der Waals surface area contributed by atoms with Gasteiger partial charge in [-0.3, -0.25) is 4.79 Å². The predicted molar refractivity (Wildman–Crippen MR) is 57.8 cm³/mol. The van der Waals surface area contributed by atoms with Gasteiger partial charge < -0.3 is 4.18 Å². The highest BCUT2D eigenvalue weighted by molar-refractivity contribution is 7.87. The Bertz CT molecular complexity index is 326. The summed E-state index contributed by atoms with van der Waals surface area (Å²) >= 11 is 10.9. The lowest BCUT2D eigenvalue weighted by Crippen LogP contribution is -2.35. The predicted octanol–water partition coefficient (Wildman–Crippen LogP) is 1.66. The average Bonchev–Trinajstić information content (AvgIpc) is 2.01. The highest BCUT2D eigenvalue weighted by Gasteiger charge is 2.30. The summed E-state index contributed by atoms with van der Waals surface area (Å²) in [4.78, 5) is 11.2. The molecule has 0 amide bonds. The van der Waals surface area contributed by atoms with Crippen molar-refractivity contribution in [2.24, 2.45) is 0 Å². The van der Waals surface area contributed by atoms with Crippen LogP contribution in [0.2, 0.25) is 0 Å². The van der Waals surface area contributed by atoms with Gasteiger partial charge >= 0.3 is 16.1 Å². The van der Waals surface area contributed by atoms with Crippen LogP contribution in [0.5, 0.6) is 0 Å². The first-order chi connectivity index (χ1) is 6.60. The first kappa shape index (κ1) is 15.0. The Morgan fingerprint density at radius 1 is 1.40 bits per heavy atom. The molecule has 0 aliphatic carbocycles. The van der Waals surface area contributed by atoms with Crippen LogP contribution in [0, 0.1) is 0 Å². The largest absolute Gasteiger partial charge is 0.346 e. The van der Waals surface area contributed by atoms with E-state index in [1.54, 1.807) is 13.8 Å². The van der Waals surface area contributed by atoms with Crippen LogP contribution in [0.25, 0.3) is 0 Å². The normalized spacial score (nSPS) is 12.9. The molecule has 15 heavy (non-hydrogen) atoms. The lowest BCUT2D eigenvalue weighted by Gasteiger charge is -2.25. The quantitative estimate of drug-likeness (QED) is 0.565. The standard InChI is InChI=1S/C7H13Cl2NO4S/c1-4-15(12,13)14-6(11)5-7(2,3)10(8)9/h4-5H2,1-3H3. The van der Waals surface area contributed by atoms with Crippen molar-refractivity contribution in [3.63, 3.8) is 0 Å². The fourth-order valence-electron chi connectivity index (χ4n) is 0.643. The van der Waals surface area contributed by atoms with Gasteiger partial charge in [-0.05, 0) is 44.3 Å². The Balaban J connectivity index is 4.41. The fourth-order valence-corrected chi connectivity index (χ4v) is 1.22. The number of carbonyl (C=O) groups excluding carboxylic acids is 1. The zero-order valence-electron chi connectivity index (χ0n) is 8.66. The molecule has 0 rings (SSSR count). The Kier molecular flexibility index (Phi) is 5.32. The molecule has 5 nitrogen and oxygen atoms in total. The summed E-state index contributed by atoms with van der Waals surface area (Å²) in [6.45, 7) is 4.53. The molecule has 0 saturated heterocycles. The zero-order chi connectivity index (χ0) is 12.3. The number of rotatable bonds is 5. The van der Waals surface area contributed by atoms with Crippen molar-refractivity contribution in [3.8, 4) is 0 Å². The summed E-state index contributed by atoms with van der Waals surface area (Å²) in [5.74, 6) is -1.14. The minimum Gasteiger partial charge on any atom is -0.346 e. The molecule has 90 valence electrons. The zero-order valence-corrected chi connectivity index (χ0v) is 11.0. The first-order valence-electron chi connectivity index (χ1n) is 4.17. The smallest absolute Gasteiger partial charge is 0.324 e. The maximum atomic E-state index is 11.2. The highest BCUT2D eigenvalue weighted by atomic mass is 35.5. The van der Waals surface area contributed by atoms with E-state index < -0.39 is 21.6 Å². The second-order valence-electron chi connectivity index (χ2n) is 3.52. The maximum Gasteiger partial charge on any atom is 0.324 e. The molecule has 0 aliphatic heterocycles. The van der Waals surface area contributed by atoms with Crippen molar-refractivity contribution < 1.29 is 17.4 Å². The van der Waals surface area contributed by atoms with Gasteiger partial charge in [-0.1, -0.05) is 0 Å². The molecule has 0 atom stereocenters. The topological polar surface area (TPSA) is 63.7 Å². The molecule has 0 saturated carbocycles. The fraction of sp³-hybridized carbons (Fsp3) is 0.857. The van der Waals surface area contributed by atoms with Crippen LogP contribution in [-0.2, 0) is 19.1 Å². The number of halogens is 2. The molecule has 0 heterocycles. The van der Waals surface area contributed by atoms with Crippen molar-refractivity contribution >= 4 is 39.6 Å². The maximum absolute atomic E-state index is 11.2. The third kappa shape index (κ3) is 5.55. The highest BCUT2D eigenvalue weighted by Crippen LogP contribution is 2.24. The molecule has 0 N–H and O–H groups in total. The molecule has 0 unspecified atom stereocenters. The number of hydrogen-bond acceptors (Lipinski definition) is 5. The van der Waals surface area contributed by atoms with Gasteiger partial charge in [-0.25, -0.2) is 0 Å². The van der Waals surface area contributed by atoms with Crippen molar-refractivity contribution in [2.75, 3.05) is 5.75 Å². The van der Waals surface area contributed by atoms with E-state index in [1.165, 1.54) is 6.92 Å². The second-order valence-corrected chi connectivity index (χ2v) is 6.23. The third-order valence-corrected chi connectivity index (χ3v) is 3.67. The van der Waals surface area contributed by atoms with Crippen LogP contribution < -0.4 is 0 Å². The minimum atomic E-state index is -3.77. The summed E-state index contributed by atoms with van der Waals surface area (Å²) in [6, 6.07) is 0. The van der Waals surface area contributed by atoms with Crippen molar-refractivity contribution in [3.05, 3.63) is 0 Å². The molecular weight excluding hydrogens is 265 g/mol. The summed E-state index contributed by atoms with van der Waals surface area (Å²) < 4.78 is 26.9. The summed E-state index contributed by atoms with van der Waals surface area (Å²) in [5.41, 5.74) is -0.885. The minimum absolute atomic E-state index is 0.223. The summed E-state index contributed by atoms with van der Waals surface area (Å²) in [7, 11) is -3.77. The Labute approximate surface area is 99.6 Å². The third-order valence-electron chi connectivity index (χ3n) is 1.61. The Hall–Kier alpha value is -0.0400. The van der Waals surface area contributed by atoms with E-state index in [-0.39, 0.29) is 12.2 Å². The SMILES string of the molecule is CCS(=O)(=O)OC(=O)CC(C)(C)N(Cl)Cl. The molecule has 0 aromatic rings. The van der Waals surface area contributed by atoms with E-state index in [4.69, 9.17) is 23.6 Å². The Morgan fingerprint density at radius 3 is 2.20 bits per heavy atom. The van der Waals surface area contributed by atoms with Gasteiger partial charge in [0.1, 0.15) is 0 Å². The molecule has 0 aliphatic rings. The molecule has 0 aromatic heterocycles. The molecule has 0 spiro atoms. The van der Waals surface area contributed by atoms with E-state index in [2.05, 4.69) is 4.18 Å². The van der Waals surface area contributed by atoms with Crippen molar-refractivity contribution in [1.82, 2.24) is 3.94 Å². The van der Waals surface area contributed by atoms with Gasteiger partial charge in [0.25, 0.3) is 0 Å². The van der Waals surface area contributed by atoms with Crippen LogP contribution in [0.15, 0.2) is 0 Å². The van der Waals surface area contributed by atoms with E-state index in [0.717, 1.165) is 3.94 Å². The molecule has 0 radical (unpaired) electrons. The van der Waals surface area contributed by atoms with Crippen molar-refractivity contribution in [2.45, 2.75) is 32.7 Å². The summed E-state index contributed by atoms with van der Waals surface area (Å²) in [5, 5.41) is 0. The van der Waals surface area contributed by atoms with Crippen LogP contribution in [-0.4, -0.2) is 29.6 Å². The summed E-state index contributed by atoms with van der Waals surface area (Å²) in [6.07, 6.45) is -0.223. The van der Waals surface area contributed by atoms with Gasteiger partial charge in [-0.2, -0.15) is 8.42 Å². The molecular formula is C7H13Cl2NO4S. The second kappa shape index (κ2) is 5.34. The molecule has 0 aromatic carbocycles. The van der Waals surface area contributed by atoms with E-state index in [0.29, 0.717) is 0 Å². The van der Waals surface area contributed by atoms with Gasteiger partial charge in [0.05, 0.1) is 17.7 Å². The number of hydrogen-bond donors (Lipinski definition) is 0. The average molecular weight is 278 g/mol. The molecule has 0 fully saturated rings. The first-order valence-corrected chi connectivity index (χ1v) is 6.43. The van der Waals surface area contributed by atoms with E-state index in [1.807, 2.05) is 0 Å². The lowest BCUT2D eigenvalue weighted by molar-refractivity contribution is -0.135. The van der Waals surface area contributed by atoms with Gasteiger partial charge in [-0.15, -0.1) is 3.94 Å². The van der Waals surface area contributed by atoms with E-state index >= 15 is 0 Å². The lowest BCUT2D eigenvalue weighted by atomic mass is 10.0. The Morgan fingerprint density at radius 2 is 1.87 bits per heavy atom. The molecule has 8 heteroatoms. The van der Waals surface area contributed by atoms with Crippen LogP contribution in [0.4, 0.5) is 0 Å². The van der Waals surface area contributed by atoms with E-state index in [9.17, 15) is 13.2 Å². The van der Waals surface area contributed by atoms with Gasteiger partial charge in [0.2, 0.25) is 0 Å². The number of nitrogens with zero attached hydrogens (tertiary/aromatic N) is 1. The van der Waals surface area contributed by atoms with Crippen molar-refractivity contribution in [1.29, 1.82) is 0 Å². The van der Waals surface area contributed by atoms with Crippen LogP contribution in [0.3, 0.4) is 0 Å². The van der Waals surface area contributed by atoms with Crippen LogP contribution in [0.1, 0.15) is 27.2 Å². The van der Waals surface area contributed by atoms with Gasteiger partial charge in [0, 0.05) is 0 Å². The molecule has 0 bridgehead atoms. The monoisotopic (exact) mass is 277 g/mol. The van der Waals surface area contributed by atoms with Crippen LogP contribution >= 0.6 is 23.6 Å².